The Morgan fingerprint density at radius 2 is 2.07 bits per heavy atom. The van der Waals surface area contributed by atoms with Gasteiger partial charge in [-0.15, -0.1) is 0 Å². The highest BCUT2D eigenvalue weighted by Crippen LogP contribution is 2.28. The predicted octanol–water partition coefficient (Wildman–Crippen LogP) is 3.19. The molecule has 0 spiro atoms. The molecule has 1 aliphatic rings. The first-order chi connectivity index (χ1) is 13.2. The van der Waals surface area contributed by atoms with Crippen LogP contribution in [0.15, 0.2) is 47.4 Å². The number of imide groups is 1. The second kappa shape index (κ2) is 7.90. The fraction of sp³-hybridized carbons (Fsp3) is 0.222. The summed E-state index contributed by atoms with van der Waals surface area (Å²) in [7, 11) is -3.34. The number of aromatic nitrogens is 1. The number of nitrogens with one attached hydrogen (secondary N) is 1. The summed E-state index contributed by atoms with van der Waals surface area (Å²) in [6.07, 6.45) is 7.91. The number of amides is 3. The van der Waals surface area contributed by atoms with Crippen LogP contribution in [0.1, 0.15) is 6.92 Å². The van der Waals surface area contributed by atoms with Crippen molar-refractivity contribution in [3.63, 3.8) is 0 Å². The number of carbonyl (C=O) groups excluding carboxylic acids is 2. The quantitative estimate of drug-likeness (QED) is 0.741. The summed E-state index contributed by atoms with van der Waals surface area (Å²) < 4.78 is 24.0. The van der Waals surface area contributed by atoms with E-state index in [-0.39, 0.29) is 16.6 Å². The van der Waals surface area contributed by atoms with Crippen molar-refractivity contribution in [1.29, 1.82) is 0 Å². The first kappa shape index (κ1) is 20.3. The highest BCUT2D eigenvalue weighted by Gasteiger charge is 2.29. The van der Waals surface area contributed by atoms with Gasteiger partial charge < -0.3 is 0 Å². The van der Waals surface area contributed by atoms with Crippen molar-refractivity contribution in [3.8, 4) is 0 Å². The van der Waals surface area contributed by atoms with E-state index < -0.39 is 27.7 Å². The van der Waals surface area contributed by atoms with E-state index in [0.717, 1.165) is 22.5 Å². The number of urea groups is 1. The van der Waals surface area contributed by atoms with Crippen molar-refractivity contribution in [2.45, 2.75) is 11.8 Å². The van der Waals surface area contributed by atoms with Crippen molar-refractivity contribution in [2.75, 3.05) is 18.1 Å². The summed E-state index contributed by atoms with van der Waals surface area (Å²) in [5.74, 6) is -1.07. The maximum atomic E-state index is 12.7. The number of allylic oxidation sites excluding steroid dienone is 3. The fourth-order valence-corrected chi connectivity index (χ4v) is 4.52. The van der Waals surface area contributed by atoms with Crippen LogP contribution in [0.2, 0.25) is 0 Å². The van der Waals surface area contributed by atoms with Crippen LogP contribution in [0.3, 0.4) is 0 Å². The SMILES string of the molecule is CCN(C(=O)Nc1nc2ccc(S(C)(=O)=O)cc2s1)C(=O)C1C=CC=CC1=S. The standard InChI is InChI=1S/C18H17N3O4S3/c1-3-21(16(22)12-6-4-5-7-14(12)26)18(23)20-17-19-13-9-8-11(28(2,24)25)10-15(13)27-17/h4-10,12H,3H2,1-2H3,(H,19,20,23). The van der Waals surface area contributed by atoms with Gasteiger partial charge in [0.15, 0.2) is 15.0 Å². The molecule has 0 radical (unpaired) electrons. The molecule has 1 aromatic carbocycles. The minimum atomic E-state index is -3.34. The van der Waals surface area contributed by atoms with Gasteiger partial charge in [-0.25, -0.2) is 18.2 Å². The number of anilines is 1. The van der Waals surface area contributed by atoms with Gasteiger partial charge in [-0.2, -0.15) is 0 Å². The van der Waals surface area contributed by atoms with E-state index in [1.54, 1.807) is 37.3 Å². The fourth-order valence-electron chi connectivity index (χ4n) is 2.64. The molecule has 3 amide bonds. The molecular weight excluding hydrogens is 418 g/mol. The molecule has 0 saturated carbocycles. The number of thiocarbonyl (C=S) groups is 1. The average Bonchev–Trinajstić information content (AvgIpc) is 3.03. The molecule has 7 nitrogen and oxygen atoms in total. The van der Waals surface area contributed by atoms with E-state index in [1.807, 2.05) is 0 Å². The van der Waals surface area contributed by atoms with E-state index in [4.69, 9.17) is 12.2 Å². The normalized spacial score (nSPS) is 16.4. The van der Waals surface area contributed by atoms with Crippen LogP contribution >= 0.6 is 23.6 Å². The Labute approximate surface area is 171 Å². The smallest absolute Gasteiger partial charge is 0.283 e. The first-order valence-corrected chi connectivity index (χ1v) is 11.4. The monoisotopic (exact) mass is 435 g/mol. The van der Waals surface area contributed by atoms with Gasteiger partial charge in [-0.05, 0) is 31.2 Å². The summed E-state index contributed by atoms with van der Waals surface area (Å²) in [6, 6.07) is 3.95. The van der Waals surface area contributed by atoms with E-state index >= 15 is 0 Å². The molecule has 0 aliphatic heterocycles. The molecule has 3 rings (SSSR count). The third kappa shape index (κ3) is 4.18. The van der Waals surface area contributed by atoms with Crippen LogP contribution < -0.4 is 5.32 Å². The minimum Gasteiger partial charge on any atom is -0.283 e. The van der Waals surface area contributed by atoms with Crippen LogP contribution in [0.4, 0.5) is 9.93 Å². The predicted molar refractivity (Wildman–Crippen MR) is 114 cm³/mol. The van der Waals surface area contributed by atoms with Crippen LogP contribution in [-0.2, 0) is 14.6 Å². The van der Waals surface area contributed by atoms with Crippen LogP contribution in [0.25, 0.3) is 10.2 Å². The van der Waals surface area contributed by atoms with Gasteiger partial charge in [0.05, 0.1) is 21.0 Å². The van der Waals surface area contributed by atoms with E-state index in [1.165, 1.54) is 12.1 Å². The number of benzene rings is 1. The summed E-state index contributed by atoms with van der Waals surface area (Å²) in [4.78, 5) is 31.3. The summed E-state index contributed by atoms with van der Waals surface area (Å²) in [5.41, 5.74) is 0.559. The van der Waals surface area contributed by atoms with Crippen molar-refractivity contribution < 1.29 is 18.0 Å². The van der Waals surface area contributed by atoms with Crippen molar-refractivity contribution in [1.82, 2.24) is 9.88 Å². The van der Waals surface area contributed by atoms with Gasteiger partial charge >= 0.3 is 6.03 Å². The summed E-state index contributed by atoms with van der Waals surface area (Å²) in [6.45, 7) is 1.87. The highest BCUT2D eigenvalue weighted by molar-refractivity contribution is 7.90. The molecule has 146 valence electrons. The van der Waals surface area contributed by atoms with E-state index in [2.05, 4.69) is 10.3 Å². The topological polar surface area (TPSA) is 96.4 Å². The molecule has 2 aromatic rings. The number of carbonyl (C=O) groups is 2. The maximum absolute atomic E-state index is 12.7. The van der Waals surface area contributed by atoms with Crippen molar-refractivity contribution in [3.05, 3.63) is 42.5 Å². The Bertz CT molecular complexity index is 1130. The number of hydrogen-bond acceptors (Lipinski definition) is 7. The number of nitrogens with zero attached hydrogens (tertiary/aromatic N) is 2. The molecular formula is C18H17N3O4S3. The van der Waals surface area contributed by atoms with Gasteiger partial charge in [0, 0.05) is 17.7 Å². The summed E-state index contributed by atoms with van der Waals surface area (Å²) in [5, 5.41) is 2.89. The van der Waals surface area contributed by atoms with Crippen LogP contribution in [0, 0.1) is 5.92 Å². The number of fused-ring (bicyclic) bond motifs is 1. The molecule has 1 unspecified atom stereocenters. The first-order valence-electron chi connectivity index (χ1n) is 8.32. The molecule has 1 atom stereocenters. The van der Waals surface area contributed by atoms with Crippen LogP contribution in [0.5, 0.6) is 0 Å². The maximum Gasteiger partial charge on any atom is 0.330 e. The second-order valence-corrected chi connectivity index (χ2v) is 9.58. The van der Waals surface area contributed by atoms with E-state index in [0.29, 0.717) is 15.1 Å². The number of rotatable bonds is 4. The lowest BCUT2D eigenvalue weighted by molar-refractivity contribution is -0.128. The molecule has 1 aromatic heterocycles. The molecule has 1 aliphatic carbocycles. The molecule has 0 saturated heterocycles. The number of thiazole rings is 1. The van der Waals surface area contributed by atoms with Crippen molar-refractivity contribution >= 4 is 65.5 Å². The van der Waals surface area contributed by atoms with Crippen LogP contribution in [-0.4, -0.2) is 47.9 Å². The van der Waals surface area contributed by atoms with Crippen molar-refractivity contribution in [2.24, 2.45) is 5.92 Å². The van der Waals surface area contributed by atoms with Gasteiger partial charge in [0.25, 0.3) is 0 Å². The Morgan fingerprint density at radius 1 is 1.32 bits per heavy atom. The van der Waals surface area contributed by atoms with Gasteiger partial charge in [0.2, 0.25) is 5.91 Å². The highest BCUT2D eigenvalue weighted by atomic mass is 32.2. The average molecular weight is 436 g/mol. The van der Waals surface area contributed by atoms with Gasteiger partial charge in [-0.3, -0.25) is 15.0 Å². The van der Waals surface area contributed by atoms with E-state index in [9.17, 15) is 18.0 Å². The largest absolute Gasteiger partial charge is 0.330 e. The lowest BCUT2D eigenvalue weighted by atomic mass is 9.99. The Balaban J connectivity index is 1.80. The molecule has 0 fully saturated rings. The molecule has 28 heavy (non-hydrogen) atoms. The third-order valence-electron chi connectivity index (χ3n) is 4.08. The molecule has 1 N–H and O–H groups in total. The Kier molecular flexibility index (Phi) is 5.73. The third-order valence-corrected chi connectivity index (χ3v) is 6.51. The Hall–Kier alpha value is -2.43. The zero-order valence-corrected chi connectivity index (χ0v) is 17.5. The zero-order valence-electron chi connectivity index (χ0n) is 15.1. The number of sulfone groups is 1. The molecule has 10 heteroatoms. The Morgan fingerprint density at radius 3 is 2.71 bits per heavy atom. The molecule has 1 heterocycles. The second-order valence-electron chi connectivity index (χ2n) is 6.06. The summed E-state index contributed by atoms with van der Waals surface area (Å²) >= 11 is 6.33. The number of hydrogen-bond donors (Lipinski definition) is 1. The lowest BCUT2D eigenvalue weighted by Gasteiger charge is -2.23. The zero-order chi connectivity index (χ0) is 20.5. The van der Waals surface area contributed by atoms with Gasteiger partial charge in [-0.1, -0.05) is 41.8 Å². The lowest BCUT2D eigenvalue weighted by Crippen LogP contribution is -2.44. The van der Waals surface area contributed by atoms with Gasteiger partial charge in [0.1, 0.15) is 0 Å². The minimum absolute atomic E-state index is 0.171. The molecule has 0 bridgehead atoms.